The molecule has 6 N–H and O–H groups in total. The van der Waals surface area contributed by atoms with Gasteiger partial charge in [-0.15, -0.1) is 0 Å². The Kier molecular flexibility index (Phi) is 11.6. The van der Waals surface area contributed by atoms with Crippen LogP contribution in [-0.4, -0.2) is 54.2 Å². The van der Waals surface area contributed by atoms with Crippen molar-refractivity contribution in [2.75, 3.05) is 13.2 Å². The second kappa shape index (κ2) is 15.0. The number of amides is 1. The van der Waals surface area contributed by atoms with Gasteiger partial charge in [-0.2, -0.15) is 0 Å². The predicted octanol–water partition coefficient (Wildman–Crippen LogP) is 3.70. The van der Waals surface area contributed by atoms with E-state index >= 15 is 0 Å². The highest BCUT2D eigenvalue weighted by Crippen LogP contribution is 2.37. The molecule has 0 radical (unpaired) electrons. The largest absolute Gasteiger partial charge is 0.493 e. The van der Waals surface area contributed by atoms with Gasteiger partial charge in [-0.25, -0.2) is 9.79 Å². The number of ether oxygens (including phenoxy) is 5. The Balaban J connectivity index is 2.02. The molecule has 0 bridgehead atoms. The van der Waals surface area contributed by atoms with E-state index < -0.39 is 53.3 Å². The third-order valence-corrected chi connectivity index (χ3v) is 6.56. The van der Waals surface area contributed by atoms with Crippen LogP contribution in [0.5, 0.6) is 17.2 Å². The molecule has 0 saturated carbocycles. The first-order chi connectivity index (χ1) is 21.4. The molecule has 1 aliphatic heterocycles. The molecule has 2 aromatic carbocycles. The van der Waals surface area contributed by atoms with Crippen molar-refractivity contribution in [2.24, 2.45) is 34.0 Å². The Labute approximate surface area is 268 Å². The molecule has 0 aliphatic carbocycles. The van der Waals surface area contributed by atoms with Gasteiger partial charge in [-0.3, -0.25) is 14.4 Å². The van der Waals surface area contributed by atoms with Crippen LogP contribution in [0, 0.1) is 11.8 Å². The summed E-state index contributed by atoms with van der Waals surface area (Å²) in [7, 11) is 0. The molecule has 1 aliphatic rings. The van der Waals surface area contributed by atoms with Crippen LogP contribution in [0.4, 0.5) is 5.69 Å². The number of guanidine groups is 1. The van der Waals surface area contributed by atoms with Gasteiger partial charge in [0.05, 0.1) is 37.2 Å². The van der Waals surface area contributed by atoms with Gasteiger partial charge in [0.25, 0.3) is 0 Å². The van der Waals surface area contributed by atoms with E-state index in [1.54, 1.807) is 65.8 Å². The van der Waals surface area contributed by atoms with Crippen LogP contribution in [-0.2, 0) is 30.3 Å². The number of rotatable bonds is 8. The number of hydrogen-bond donors (Lipinski definition) is 3. The summed E-state index contributed by atoms with van der Waals surface area (Å²) in [6.45, 7) is 10.6. The molecule has 46 heavy (non-hydrogen) atoms. The van der Waals surface area contributed by atoms with Crippen molar-refractivity contribution in [2.45, 2.75) is 78.4 Å². The van der Waals surface area contributed by atoms with Crippen LogP contribution in [0.25, 0.3) is 0 Å². The third-order valence-electron chi connectivity index (χ3n) is 6.56. The molecule has 13 nitrogen and oxygen atoms in total. The van der Waals surface area contributed by atoms with E-state index in [0.29, 0.717) is 24.1 Å². The Hall–Kier alpha value is -4.81. The number of carbonyl (C=O) groups is 4. The van der Waals surface area contributed by atoms with Crippen molar-refractivity contribution in [3.05, 3.63) is 47.5 Å². The average Bonchev–Trinajstić information content (AvgIpc) is 2.90. The molecule has 2 unspecified atom stereocenters. The first-order valence-corrected chi connectivity index (χ1v) is 15.0. The smallest absolute Gasteiger partial charge is 0.347 e. The number of benzene rings is 2. The summed E-state index contributed by atoms with van der Waals surface area (Å²) in [5.41, 5.74) is 16.1. The number of primary amides is 1. The van der Waals surface area contributed by atoms with Gasteiger partial charge >= 0.3 is 17.9 Å². The summed E-state index contributed by atoms with van der Waals surface area (Å²) < 4.78 is 28.8. The van der Waals surface area contributed by atoms with E-state index in [2.05, 4.69) is 4.99 Å². The molecule has 0 fully saturated rings. The highest BCUT2D eigenvalue weighted by molar-refractivity contribution is 5.95. The monoisotopic (exact) mass is 640 g/mol. The molecule has 3 rings (SSSR count). The molecule has 250 valence electrons. The second-order valence-electron chi connectivity index (χ2n) is 12.9. The zero-order valence-electron chi connectivity index (χ0n) is 27.2. The summed E-state index contributed by atoms with van der Waals surface area (Å²) in [6.07, 6.45) is 0.593. The lowest BCUT2D eigenvalue weighted by Crippen LogP contribution is -2.41. The minimum absolute atomic E-state index is 0.0755. The molecular weight excluding hydrogens is 596 g/mol. The van der Waals surface area contributed by atoms with Crippen LogP contribution in [0.2, 0.25) is 0 Å². The van der Waals surface area contributed by atoms with E-state index in [-0.39, 0.29) is 48.4 Å². The maximum Gasteiger partial charge on any atom is 0.347 e. The number of para-hydroxylation sites is 1. The number of fused-ring (bicyclic) bond motifs is 2. The van der Waals surface area contributed by atoms with E-state index in [9.17, 15) is 19.2 Å². The summed E-state index contributed by atoms with van der Waals surface area (Å²) in [6, 6.07) is 9.40. The third kappa shape index (κ3) is 10.7. The van der Waals surface area contributed by atoms with Gasteiger partial charge in [0.2, 0.25) is 5.91 Å². The van der Waals surface area contributed by atoms with Gasteiger partial charge in [0.1, 0.15) is 22.5 Å². The molecule has 13 heteroatoms. The highest BCUT2D eigenvalue weighted by Gasteiger charge is 2.39. The zero-order chi connectivity index (χ0) is 34.2. The molecule has 2 aromatic rings. The van der Waals surface area contributed by atoms with E-state index in [0.717, 1.165) is 0 Å². The fourth-order valence-electron chi connectivity index (χ4n) is 4.71. The lowest BCUT2D eigenvalue weighted by molar-refractivity contribution is -0.170. The maximum atomic E-state index is 13.4. The number of nitrogens with zero attached hydrogens (tertiary/aromatic N) is 1. The Morgan fingerprint density at radius 3 is 2.13 bits per heavy atom. The lowest BCUT2D eigenvalue weighted by atomic mass is 9.83. The quantitative estimate of drug-likeness (QED) is 0.164. The molecule has 0 saturated heterocycles. The minimum Gasteiger partial charge on any atom is -0.493 e. The molecular formula is C33H44N4O9. The van der Waals surface area contributed by atoms with Crippen molar-refractivity contribution in [3.8, 4) is 17.2 Å². The summed E-state index contributed by atoms with van der Waals surface area (Å²) in [4.78, 5) is 56.6. The highest BCUT2D eigenvalue weighted by atomic mass is 16.6. The van der Waals surface area contributed by atoms with Gasteiger partial charge in [-0.05, 0) is 84.6 Å². The van der Waals surface area contributed by atoms with Crippen molar-refractivity contribution < 1.29 is 42.9 Å². The maximum absolute atomic E-state index is 13.4. The van der Waals surface area contributed by atoms with Crippen LogP contribution in [0.15, 0.2) is 41.4 Å². The van der Waals surface area contributed by atoms with E-state index in [4.69, 9.17) is 40.9 Å². The van der Waals surface area contributed by atoms with Crippen molar-refractivity contribution >= 4 is 35.5 Å². The van der Waals surface area contributed by atoms with E-state index in [1.807, 2.05) is 0 Å². The number of carbonyl (C=O) groups excluding carboxylic acids is 4. The van der Waals surface area contributed by atoms with Gasteiger partial charge < -0.3 is 40.9 Å². The number of hydrogen-bond acceptors (Lipinski definition) is 10. The summed E-state index contributed by atoms with van der Waals surface area (Å²) in [5, 5.41) is 0. The normalized spacial score (nSPS) is 15.0. The lowest BCUT2D eigenvalue weighted by Gasteiger charge is -2.29. The number of aliphatic imine (C=N–C) groups is 1. The van der Waals surface area contributed by atoms with Gasteiger partial charge in [-0.1, -0.05) is 12.1 Å². The van der Waals surface area contributed by atoms with Crippen molar-refractivity contribution in [3.63, 3.8) is 0 Å². The van der Waals surface area contributed by atoms with Crippen LogP contribution in [0.3, 0.4) is 0 Å². The number of nitrogens with two attached hydrogens (primary N) is 3. The van der Waals surface area contributed by atoms with Crippen molar-refractivity contribution in [1.82, 2.24) is 0 Å². The summed E-state index contributed by atoms with van der Waals surface area (Å²) >= 11 is 0. The van der Waals surface area contributed by atoms with Gasteiger partial charge in [0, 0.05) is 6.07 Å². The molecule has 2 atom stereocenters. The Bertz CT molecular complexity index is 1470. The Morgan fingerprint density at radius 1 is 0.870 bits per heavy atom. The first-order valence-electron chi connectivity index (χ1n) is 15.0. The van der Waals surface area contributed by atoms with Crippen LogP contribution >= 0.6 is 0 Å². The molecule has 0 spiro atoms. The minimum atomic E-state index is -1.26. The average molecular weight is 641 g/mol. The Morgan fingerprint density at radius 2 is 1.52 bits per heavy atom. The zero-order valence-corrected chi connectivity index (χ0v) is 27.2. The second-order valence-corrected chi connectivity index (χ2v) is 12.9. The predicted molar refractivity (Wildman–Crippen MR) is 170 cm³/mol. The van der Waals surface area contributed by atoms with Gasteiger partial charge in [0.15, 0.2) is 17.5 Å². The fourth-order valence-corrected chi connectivity index (χ4v) is 4.71. The molecule has 0 aromatic heterocycles. The van der Waals surface area contributed by atoms with Crippen molar-refractivity contribution in [1.29, 1.82) is 0 Å². The van der Waals surface area contributed by atoms with E-state index in [1.165, 1.54) is 12.1 Å². The topological polar surface area (TPSA) is 205 Å². The molecule has 1 amide bonds. The fraction of sp³-hybridized carbons (Fsp3) is 0.485. The standard InChI is InChI=1S/C33H44N4O9/c1-32(2,3)45-26(38)18-23(30(41)46-33(4,5)6)22(28(34)39)16-19-10-9-11-24-27(19)43-15-8-7-14-42-25-17-20(37-31(35)36)12-13-21(25)29(40)44-24/h9-13,17,22-23H,7-8,14-16,18H2,1-6H3,(H2,34,39)(H4,35,36,37). The van der Waals surface area contributed by atoms with Crippen LogP contribution in [0.1, 0.15) is 76.7 Å². The SMILES string of the molecule is CC(C)(C)OC(=O)CC(C(=O)OC(C)(C)C)C(Cc1cccc2c1OCCCCOc1cc(N=C(N)N)ccc1C(=O)O2)C(N)=O. The first kappa shape index (κ1) is 35.7. The molecule has 1 heterocycles. The number of esters is 3. The summed E-state index contributed by atoms with van der Waals surface area (Å²) in [5.74, 6) is -5.13. The van der Waals surface area contributed by atoms with Crippen LogP contribution < -0.4 is 31.4 Å².